The zero-order valence-corrected chi connectivity index (χ0v) is 11.9. The van der Waals surface area contributed by atoms with Gasteiger partial charge in [-0.1, -0.05) is 0 Å². The van der Waals surface area contributed by atoms with Crippen LogP contribution in [0.4, 0.5) is 0 Å². The number of hydrogen-bond acceptors (Lipinski definition) is 3. The van der Waals surface area contributed by atoms with Gasteiger partial charge in [-0.25, -0.2) is 0 Å². The van der Waals surface area contributed by atoms with Crippen LogP contribution in [0.25, 0.3) is 0 Å². The molecule has 0 aromatic carbocycles. The smallest absolute Gasteiger partial charge is 0.223 e. The Morgan fingerprint density at radius 3 is 3.00 bits per heavy atom. The zero-order valence-electron chi connectivity index (χ0n) is 11.9. The molecule has 0 spiro atoms. The Labute approximate surface area is 114 Å². The lowest BCUT2D eigenvalue weighted by Gasteiger charge is -2.38. The predicted molar refractivity (Wildman–Crippen MR) is 74.5 cm³/mol. The molecular formula is C14H24N4O. The van der Waals surface area contributed by atoms with Crippen molar-refractivity contribution in [2.75, 3.05) is 6.54 Å². The summed E-state index contributed by atoms with van der Waals surface area (Å²) >= 11 is 0. The van der Waals surface area contributed by atoms with Crippen molar-refractivity contribution in [3.8, 4) is 0 Å². The third-order valence-electron chi connectivity index (χ3n) is 3.86. The molecule has 2 atom stereocenters. The van der Waals surface area contributed by atoms with Crippen molar-refractivity contribution in [3.05, 3.63) is 18.0 Å². The highest BCUT2D eigenvalue weighted by atomic mass is 16.2. The number of likely N-dealkylation sites (tertiary alicyclic amines) is 1. The maximum absolute atomic E-state index is 12.3. The fourth-order valence-electron chi connectivity index (χ4n) is 2.81. The summed E-state index contributed by atoms with van der Waals surface area (Å²) < 4.78 is 1.77. The molecule has 5 heteroatoms. The highest BCUT2D eigenvalue weighted by molar-refractivity contribution is 5.77. The van der Waals surface area contributed by atoms with E-state index in [1.165, 1.54) is 6.42 Å². The molecule has 2 unspecified atom stereocenters. The number of nitrogens with two attached hydrogens (primary N) is 1. The maximum Gasteiger partial charge on any atom is 0.223 e. The average molecular weight is 264 g/mol. The maximum atomic E-state index is 12.3. The van der Waals surface area contributed by atoms with Gasteiger partial charge < -0.3 is 10.6 Å². The van der Waals surface area contributed by atoms with E-state index in [9.17, 15) is 4.79 Å². The highest BCUT2D eigenvalue weighted by Gasteiger charge is 2.28. The van der Waals surface area contributed by atoms with Gasteiger partial charge in [-0.2, -0.15) is 5.10 Å². The van der Waals surface area contributed by atoms with E-state index in [1.54, 1.807) is 4.68 Å². The molecule has 1 saturated heterocycles. The van der Waals surface area contributed by atoms with Crippen LogP contribution < -0.4 is 5.73 Å². The first-order valence-electron chi connectivity index (χ1n) is 7.10. The lowest BCUT2D eigenvalue weighted by molar-refractivity contribution is -0.135. The summed E-state index contributed by atoms with van der Waals surface area (Å²) in [5.41, 5.74) is 7.11. The van der Waals surface area contributed by atoms with Crippen LogP contribution in [-0.2, 0) is 18.3 Å². The molecule has 1 aliphatic rings. The Bertz CT molecular complexity index is 427. The third kappa shape index (κ3) is 3.56. The van der Waals surface area contributed by atoms with Crippen LogP contribution in [0, 0.1) is 0 Å². The number of rotatable bonds is 4. The van der Waals surface area contributed by atoms with E-state index < -0.39 is 0 Å². The second-order valence-corrected chi connectivity index (χ2v) is 5.53. The van der Waals surface area contributed by atoms with E-state index in [2.05, 4.69) is 5.10 Å². The second kappa shape index (κ2) is 6.19. The summed E-state index contributed by atoms with van der Waals surface area (Å²) in [6, 6.07) is 0.276. The molecule has 0 radical (unpaired) electrons. The summed E-state index contributed by atoms with van der Waals surface area (Å²) in [7, 11) is 1.89. The molecule has 5 nitrogen and oxygen atoms in total. The van der Waals surface area contributed by atoms with Gasteiger partial charge in [-0.05, 0) is 38.2 Å². The normalized spacial score (nSPS) is 21.4. The molecule has 0 bridgehead atoms. The number of aryl methyl sites for hydroxylation is 2. The Morgan fingerprint density at radius 1 is 1.58 bits per heavy atom. The summed E-state index contributed by atoms with van der Waals surface area (Å²) in [6.07, 6.45) is 8.42. The molecule has 2 N–H and O–H groups in total. The van der Waals surface area contributed by atoms with Gasteiger partial charge in [-0.3, -0.25) is 9.48 Å². The molecule has 1 amide bonds. The fourth-order valence-corrected chi connectivity index (χ4v) is 2.81. The van der Waals surface area contributed by atoms with Crippen molar-refractivity contribution in [1.29, 1.82) is 0 Å². The first kappa shape index (κ1) is 14.1. The second-order valence-electron chi connectivity index (χ2n) is 5.53. The fraction of sp³-hybridized carbons (Fsp3) is 0.714. The van der Waals surface area contributed by atoms with Gasteiger partial charge in [0.05, 0.1) is 6.20 Å². The van der Waals surface area contributed by atoms with Gasteiger partial charge in [0.15, 0.2) is 0 Å². The standard InChI is InChI=1S/C14H24N4O/c1-11(15)13-5-3-4-8-18(13)14(19)7-6-12-9-16-17(2)10-12/h9-11,13H,3-8,15H2,1-2H3. The highest BCUT2D eigenvalue weighted by Crippen LogP contribution is 2.20. The molecule has 106 valence electrons. The minimum absolute atomic E-state index is 0.0580. The van der Waals surface area contributed by atoms with E-state index in [-0.39, 0.29) is 18.0 Å². The van der Waals surface area contributed by atoms with Crippen molar-refractivity contribution >= 4 is 5.91 Å². The summed E-state index contributed by atoms with van der Waals surface area (Å²) in [5.74, 6) is 0.228. The average Bonchev–Trinajstić information content (AvgIpc) is 2.81. The van der Waals surface area contributed by atoms with Crippen LogP contribution in [0.5, 0.6) is 0 Å². The summed E-state index contributed by atoms with van der Waals surface area (Å²) in [5, 5.41) is 4.12. The lowest BCUT2D eigenvalue weighted by atomic mass is 9.96. The molecule has 0 saturated carbocycles. The Morgan fingerprint density at radius 2 is 2.37 bits per heavy atom. The lowest BCUT2D eigenvalue weighted by Crippen LogP contribution is -2.51. The molecule has 1 aliphatic heterocycles. The monoisotopic (exact) mass is 264 g/mol. The number of carbonyl (C=O) groups is 1. The van der Waals surface area contributed by atoms with Gasteiger partial charge in [0.2, 0.25) is 5.91 Å². The largest absolute Gasteiger partial charge is 0.338 e. The van der Waals surface area contributed by atoms with Crippen molar-refractivity contribution in [2.24, 2.45) is 12.8 Å². The van der Waals surface area contributed by atoms with Crippen LogP contribution in [0.3, 0.4) is 0 Å². The Balaban J connectivity index is 1.90. The molecule has 0 aliphatic carbocycles. The number of carbonyl (C=O) groups excluding carboxylic acids is 1. The number of amides is 1. The Kier molecular flexibility index (Phi) is 4.58. The molecule has 1 fully saturated rings. The SMILES string of the molecule is CC(N)C1CCCCN1C(=O)CCc1cnn(C)c1. The molecule has 19 heavy (non-hydrogen) atoms. The van der Waals surface area contributed by atoms with Crippen LogP contribution in [-0.4, -0.2) is 39.2 Å². The van der Waals surface area contributed by atoms with Crippen molar-refractivity contribution in [2.45, 2.75) is 51.1 Å². The topological polar surface area (TPSA) is 64.2 Å². The van der Waals surface area contributed by atoms with Gasteiger partial charge in [0, 0.05) is 38.3 Å². The first-order chi connectivity index (χ1) is 9.08. The van der Waals surface area contributed by atoms with E-state index in [0.29, 0.717) is 6.42 Å². The van der Waals surface area contributed by atoms with Crippen molar-refractivity contribution in [3.63, 3.8) is 0 Å². The van der Waals surface area contributed by atoms with Crippen LogP contribution in [0.15, 0.2) is 12.4 Å². The minimum Gasteiger partial charge on any atom is -0.338 e. The van der Waals surface area contributed by atoms with E-state index >= 15 is 0 Å². The van der Waals surface area contributed by atoms with Gasteiger partial charge in [0.1, 0.15) is 0 Å². The number of hydrogen-bond donors (Lipinski definition) is 1. The summed E-state index contributed by atoms with van der Waals surface area (Å²) in [6.45, 7) is 2.86. The number of piperidine rings is 1. The minimum atomic E-state index is 0.0580. The summed E-state index contributed by atoms with van der Waals surface area (Å²) in [4.78, 5) is 14.3. The van der Waals surface area contributed by atoms with Crippen LogP contribution in [0.2, 0.25) is 0 Å². The number of nitrogens with zero attached hydrogens (tertiary/aromatic N) is 3. The van der Waals surface area contributed by atoms with Crippen molar-refractivity contribution < 1.29 is 4.79 Å². The van der Waals surface area contributed by atoms with E-state index in [4.69, 9.17) is 5.73 Å². The van der Waals surface area contributed by atoms with Crippen LogP contribution >= 0.6 is 0 Å². The predicted octanol–water partition coefficient (Wildman–Crippen LogP) is 1.08. The van der Waals surface area contributed by atoms with E-state index in [1.807, 2.05) is 31.3 Å². The van der Waals surface area contributed by atoms with Gasteiger partial charge >= 0.3 is 0 Å². The molecular weight excluding hydrogens is 240 g/mol. The molecule has 1 aromatic rings. The molecule has 2 rings (SSSR count). The van der Waals surface area contributed by atoms with Gasteiger partial charge in [-0.15, -0.1) is 0 Å². The Hall–Kier alpha value is -1.36. The first-order valence-corrected chi connectivity index (χ1v) is 7.10. The van der Waals surface area contributed by atoms with E-state index in [0.717, 1.165) is 31.4 Å². The van der Waals surface area contributed by atoms with Gasteiger partial charge in [0.25, 0.3) is 0 Å². The zero-order chi connectivity index (χ0) is 13.8. The third-order valence-corrected chi connectivity index (χ3v) is 3.86. The quantitative estimate of drug-likeness (QED) is 0.885. The molecule has 1 aromatic heterocycles. The van der Waals surface area contributed by atoms with Crippen LogP contribution in [0.1, 0.15) is 38.2 Å². The van der Waals surface area contributed by atoms with Crippen molar-refractivity contribution in [1.82, 2.24) is 14.7 Å². The number of aromatic nitrogens is 2. The molecule has 2 heterocycles.